The van der Waals surface area contributed by atoms with Crippen LogP contribution in [-0.2, 0) is 20.8 Å². The Hall–Kier alpha value is -1.97. The van der Waals surface area contributed by atoms with Crippen molar-refractivity contribution < 1.29 is 14.4 Å². The molecule has 0 bridgehead atoms. The second-order valence-electron chi connectivity index (χ2n) is 4.12. The van der Waals surface area contributed by atoms with Crippen molar-refractivity contribution in [1.82, 2.24) is 5.32 Å². The van der Waals surface area contributed by atoms with Crippen molar-refractivity contribution in [2.24, 2.45) is 0 Å². The van der Waals surface area contributed by atoms with Gasteiger partial charge in [0.05, 0.1) is 5.92 Å². The minimum Gasteiger partial charge on any atom is -0.303 e. The zero-order valence-corrected chi connectivity index (χ0v) is 9.31. The zero-order chi connectivity index (χ0) is 12.3. The number of hydrogen-bond donors (Lipinski definition) is 1. The van der Waals surface area contributed by atoms with E-state index in [1.54, 1.807) is 0 Å². The number of benzene rings is 1. The maximum atomic E-state index is 11.6. The molecule has 1 fully saturated rings. The Labute approximate surface area is 99.0 Å². The molecule has 1 aromatic rings. The van der Waals surface area contributed by atoms with E-state index in [0.29, 0.717) is 19.3 Å². The van der Waals surface area contributed by atoms with Gasteiger partial charge in [-0.15, -0.1) is 0 Å². The number of hydrogen-bond acceptors (Lipinski definition) is 3. The van der Waals surface area contributed by atoms with E-state index in [1.807, 2.05) is 24.3 Å². The van der Waals surface area contributed by atoms with Crippen LogP contribution in [0.1, 0.15) is 29.9 Å². The quantitative estimate of drug-likeness (QED) is 0.622. The van der Waals surface area contributed by atoms with Gasteiger partial charge in [-0.1, -0.05) is 24.3 Å². The minimum atomic E-state index is -0.252. The van der Waals surface area contributed by atoms with Crippen molar-refractivity contribution in [3.05, 3.63) is 35.4 Å². The third-order valence-corrected chi connectivity index (χ3v) is 2.94. The molecule has 1 aliphatic rings. The van der Waals surface area contributed by atoms with Gasteiger partial charge in [0.15, 0.2) is 0 Å². The van der Waals surface area contributed by atoms with Crippen LogP contribution in [0.2, 0.25) is 0 Å². The molecule has 1 aliphatic heterocycles. The lowest BCUT2D eigenvalue weighted by Gasteiger charge is -2.21. The molecule has 1 N–H and O–H groups in total. The van der Waals surface area contributed by atoms with E-state index < -0.39 is 0 Å². The average molecular weight is 231 g/mol. The van der Waals surface area contributed by atoms with Crippen molar-refractivity contribution in [3.63, 3.8) is 0 Å². The van der Waals surface area contributed by atoms with Crippen LogP contribution < -0.4 is 5.32 Å². The molecule has 1 saturated heterocycles. The first kappa shape index (κ1) is 11.5. The smallest absolute Gasteiger partial charge is 0.234 e. The fourth-order valence-corrected chi connectivity index (χ4v) is 1.99. The molecule has 4 nitrogen and oxygen atoms in total. The Balaban J connectivity index is 2.14. The highest BCUT2D eigenvalue weighted by atomic mass is 16.2. The van der Waals surface area contributed by atoms with E-state index in [1.165, 1.54) is 0 Å². The normalized spacial score (nSPS) is 19.9. The molecule has 4 heteroatoms. The molecule has 17 heavy (non-hydrogen) atoms. The van der Waals surface area contributed by atoms with Crippen molar-refractivity contribution in [3.8, 4) is 0 Å². The first-order valence-corrected chi connectivity index (χ1v) is 5.57. The standard InChI is InChI=1S/C13H13NO3/c15-8-7-9-1-3-10(4-2-9)11-5-6-12(16)14-13(11)17/h1-4,8,11H,5-7H2,(H,14,16,17). The molecular formula is C13H13NO3. The number of carbonyl (C=O) groups is 3. The minimum absolute atomic E-state index is 0.205. The van der Waals surface area contributed by atoms with E-state index in [4.69, 9.17) is 0 Å². The fourth-order valence-electron chi connectivity index (χ4n) is 1.99. The molecule has 1 aromatic carbocycles. The van der Waals surface area contributed by atoms with Crippen LogP contribution in [0.3, 0.4) is 0 Å². The predicted octanol–water partition coefficient (Wildman–Crippen LogP) is 0.948. The van der Waals surface area contributed by atoms with Gasteiger partial charge in [-0.05, 0) is 17.5 Å². The maximum Gasteiger partial charge on any atom is 0.234 e. The van der Waals surface area contributed by atoms with Crippen molar-refractivity contribution >= 4 is 18.1 Å². The van der Waals surface area contributed by atoms with Gasteiger partial charge in [-0.2, -0.15) is 0 Å². The third-order valence-electron chi connectivity index (χ3n) is 2.94. The van der Waals surface area contributed by atoms with E-state index >= 15 is 0 Å². The molecule has 1 atom stereocenters. The maximum absolute atomic E-state index is 11.6. The Bertz CT molecular complexity index is 450. The predicted molar refractivity (Wildman–Crippen MR) is 61.3 cm³/mol. The highest BCUT2D eigenvalue weighted by Crippen LogP contribution is 2.24. The molecule has 0 aliphatic carbocycles. The zero-order valence-electron chi connectivity index (χ0n) is 9.31. The molecule has 0 saturated carbocycles. The number of imide groups is 1. The van der Waals surface area contributed by atoms with Crippen molar-refractivity contribution in [2.75, 3.05) is 0 Å². The van der Waals surface area contributed by atoms with Crippen LogP contribution in [0.15, 0.2) is 24.3 Å². The summed E-state index contributed by atoms with van der Waals surface area (Å²) in [7, 11) is 0. The van der Waals surface area contributed by atoms with Gasteiger partial charge in [-0.25, -0.2) is 0 Å². The Morgan fingerprint density at radius 3 is 2.53 bits per heavy atom. The highest BCUT2D eigenvalue weighted by molar-refractivity contribution is 6.00. The van der Waals surface area contributed by atoms with E-state index in [2.05, 4.69) is 5.32 Å². The number of rotatable bonds is 3. The average Bonchev–Trinajstić information content (AvgIpc) is 2.31. The molecule has 0 radical (unpaired) electrons. The fraction of sp³-hybridized carbons (Fsp3) is 0.308. The summed E-state index contributed by atoms with van der Waals surface area (Å²) in [4.78, 5) is 33.0. The first-order valence-electron chi connectivity index (χ1n) is 5.57. The molecule has 0 aromatic heterocycles. The lowest BCUT2D eigenvalue weighted by atomic mass is 9.90. The van der Waals surface area contributed by atoms with Gasteiger partial charge in [-0.3, -0.25) is 14.9 Å². The molecule has 2 rings (SSSR count). The summed E-state index contributed by atoms with van der Waals surface area (Å²) in [6.07, 6.45) is 2.17. The molecular weight excluding hydrogens is 218 g/mol. The molecule has 2 amide bonds. The van der Waals surface area contributed by atoms with Crippen LogP contribution in [-0.4, -0.2) is 18.1 Å². The number of amides is 2. The summed E-state index contributed by atoms with van der Waals surface area (Å²) in [6, 6.07) is 7.37. The Morgan fingerprint density at radius 2 is 1.94 bits per heavy atom. The summed E-state index contributed by atoms with van der Waals surface area (Å²) in [5, 5.41) is 2.33. The van der Waals surface area contributed by atoms with Gasteiger partial charge in [0.25, 0.3) is 0 Å². The van der Waals surface area contributed by atoms with Crippen LogP contribution in [0.5, 0.6) is 0 Å². The van der Waals surface area contributed by atoms with E-state index in [0.717, 1.165) is 17.4 Å². The summed E-state index contributed by atoms with van der Waals surface area (Å²) < 4.78 is 0. The van der Waals surface area contributed by atoms with Gasteiger partial charge in [0.1, 0.15) is 6.29 Å². The number of nitrogens with one attached hydrogen (secondary N) is 1. The van der Waals surface area contributed by atoms with Crippen LogP contribution >= 0.6 is 0 Å². The molecule has 88 valence electrons. The van der Waals surface area contributed by atoms with Gasteiger partial charge < -0.3 is 4.79 Å². The van der Waals surface area contributed by atoms with Crippen LogP contribution in [0.4, 0.5) is 0 Å². The largest absolute Gasteiger partial charge is 0.303 e. The number of carbonyl (C=O) groups excluding carboxylic acids is 3. The van der Waals surface area contributed by atoms with Crippen LogP contribution in [0.25, 0.3) is 0 Å². The molecule has 0 spiro atoms. The SMILES string of the molecule is O=CCc1ccc(C2CCC(=O)NC2=O)cc1. The lowest BCUT2D eigenvalue weighted by Crippen LogP contribution is -2.39. The topological polar surface area (TPSA) is 63.2 Å². The molecule has 1 heterocycles. The van der Waals surface area contributed by atoms with Crippen molar-refractivity contribution in [1.29, 1.82) is 0 Å². The van der Waals surface area contributed by atoms with E-state index in [9.17, 15) is 14.4 Å². The first-order chi connectivity index (χ1) is 8.20. The van der Waals surface area contributed by atoms with Gasteiger partial charge >= 0.3 is 0 Å². The van der Waals surface area contributed by atoms with Crippen molar-refractivity contribution in [2.45, 2.75) is 25.2 Å². The number of aldehydes is 1. The Kier molecular flexibility index (Phi) is 3.32. The number of piperidine rings is 1. The monoisotopic (exact) mass is 231 g/mol. The summed E-state index contributed by atoms with van der Waals surface area (Å²) in [5.41, 5.74) is 1.82. The van der Waals surface area contributed by atoms with E-state index in [-0.39, 0.29) is 17.7 Å². The summed E-state index contributed by atoms with van der Waals surface area (Å²) >= 11 is 0. The summed E-state index contributed by atoms with van der Waals surface area (Å²) in [6.45, 7) is 0. The second kappa shape index (κ2) is 4.91. The second-order valence-corrected chi connectivity index (χ2v) is 4.12. The summed E-state index contributed by atoms with van der Waals surface area (Å²) in [5.74, 6) is -0.689. The third kappa shape index (κ3) is 2.58. The highest BCUT2D eigenvalue weighted by Gasteiger charge is 2.27. The lowest BCUT2D eigenvalue weighted by molar-refractivity contribution is -0.134. The Morgan fingerprint density at radius 1 is 1.24 bits per heavy atom. The van der Waals surface area contributed by atoms with Gasteiger partial charge in [0.2, 0.25) is 11.8 Å². The molecule has 1 unspecified atom stereocenters. The van der Waals surface area contributed by atoms with Gasteiger partial charge in [0, 0.05) is 12.8 Å². The van der Waals surface area contributed by atoms with Crippen LogP contribution in [0, 0.1) is 0 Å².